The minimum atomic E-state index is -0.131. The molecule has 2 aromatic rings. The highest BCUT2D eigenvalue weighted by atomic mass is 32.1. The Bertz CT molecular complexity index is 636. The number of aryl methyl sites for hydroxylation is 1. The number of hydrogen-bond donors (Lipinski definition) is 2. The van der Waals surface area contributed by atoms with Crippen molar-refractivity contribution in [3.63, 3.8) is 0 Å². The van der Waals surface area contributed by atoms with Gasteiger partial charge in [-0.2, -0.15) is 0 Å². The van der Waals surface area contributed by atoms with Gasteiger partial charge in [-0.1, -0.05) is 24.3 Å². The van der Waals surface area contributed by atoms with Crippen molar-refractivity contribution in [2.45, 2.75) is 31.8 Å². The Morgan fingerprint density at radius 1 is 1.50 bits per heavy atom. The number of benzene rings is 1. The van der Waals surface area contributed by atoms with E-state index in [0.29, 0.717) is 5.69 Å². The molecule has 0 aliphatic heterocycles. The fraction of sp³-hybridized carbons (Fsp3) is 0.333. The number of rotatable bonds is 3. The molecule has 0 bridgehead atoms. The summed E-state index contributed by atoms with van der Waals surface area (Å²) in [5, 5.41) is 5.63. The Hall–Kier alpha value is -1.72. The van der Waals surface area contributed by atoms with Crippen molar-refractivity contribution in [2.75, 3.05) is 0 Å². The lowest BCUT2D eigenvalue weighted by molar-refractivity contribution is 0.0932. The van der Waals surface area contributed by atoms with Crippen LogP contribution >= 0.6 is 11.3 Å². The molecule has 0 radical (unpaired) electrons. The molecule has 0 saturated heterocycles. The van der Waals surface area contributed by atoms with E-state index in [-0.39, 0.29) is 18.0 Å². The molecule has 3 N–H and O–H groups in total. The number of hydrogen-bond acceptors (Lipinski definition) is 4. The van der Waals surface area contributed by atoms with Gasteiger partial charge in [-0.05, 0) is 30.9 Å². The third-order valence-corrected chi connectivity index (χ3v) is 4.63. The maximum atomic E-state index is 12.2. The van der Waals surface area contributed by atoms with E-state index >= 15 is 0 Å². The van der Waals surface area contributed by atoms with Crippen LogP contribution in [0.3, 0.4) is 0 Å². The highest BCUT2D eigenvalue weighted by Crippen LogP contribution is 2.31. The van der Waals surface area contributed by atoms with Crippen LogP contribution in [0.4, 0.5) is 0 Å². The highest BCUT2D eigenvalue weighted by Gasteiger charge is 2.24. The van der Waals surface area contributed by atoms with Gasteiger partial charge >= 0.3 is 0 Å². The van der Waals surface area contributed by atoms with Gasteiger partial charge in [0.1, 0.15) is 10.7 Å². The fourth-order valence-corrected chi connectivity index (χ4v) is 3.30. The van der Waals surface area contributed by atoms with Crippen LogP contribution < -0.4 is 11.1 Å². The molecule has 104 valence electrons. The van der Waals surface area contributed by atoms with Gasteiger partial charge in [0.15, 0.2) is 0 Å². The number of carbonyl (C=O) groups is 1. The molecule has 1 aliphatic carbocycles. The lowest BCUT2D eigenvalue weighted by Gasteiger charge is -2.13. The molecule has 1 aliphatic rings. The van der Waals surface area contributed by atoms with Crippen LogP contribution in [0.15, 0.2) is 29.6 Å². The maximum absolute atomic E-state index is 12.2. The topological polar surface area (TPSA) is 68.0 Å². The third kappa shape index (κ3) is 2.46. The summed E-state index contributed by atoms with van der Waals surface area (Å²) in [5.74, 6) is -0.116. The zero-order chi connectivity index (χ0) is 14.1. The van der Waals surface area contributed by atoms with E-state index in [9.17, 15) is 4.79 Å². The molecule has 0 spiro atoms. The molecule has 1 amide bonds. The van der Waals surface area contributed by atoms with Crippen LogP contribution in [0, 0.1) is 0 Å². The molecule has 3 rings (SSSR count). The molecule has 0 saturated carbocycles. The summed E-state index contributed by atoms with van der Waals surface area (Å²) in [6.07, 6.45) is 1.97. The molecule has 5 heteroatoms. The first-order valence-corrected chi connectivity index (χ1v) is 7.63. The van der Waals surface area contributed by atoms with Crippen LogP contribution in [-0.4, -0.2) is 10.9 Å². The van der Waals surface area contributed by atoms with Gasteiger partial charge in [0, 0.05) is 5.38 Å². The van der Waals surface area contributed by atoms with Gasteiger partial charge in [0.2, 0.25) is 0 Å². The van der Waals surface area contributed by atoms with Gasteiger partial charge in [-0.3, -0.25) is 4.79 Å². The lowest BCUT2D eigenvalue weighted by atomic mass is 10.1. The number of nitrogens with two attached hydrogens (primary N) is 1. The Morgan fingerprint density at radius 3 is 3.05 bits per heavy atom. The Balaban J connectivity index is 1.73. The summed E-state index contributed by atoms with van der Waals surface area (Å²) in [6.45, 7) is 1.87. The van der Waals surface area contributed by atoms with Crippen molar-refractivity contribution in [3.05, 3.63) is 51.5 Å². The van der Waals surface area contributed by atoms with E-state index in [2.05, 4.69) is 22.4 Å². The fourth-order valence-electron chi connectivity index (χ4n) is 2.54. The van der Waals surface area contributed by atoms with E-state index in [0.717, 1.165) is 17.8 Å². The smallest absolute Gasteiger partial charge is 0.271 e. The summed E-state index contributed by atoms with van der Waals surface area (Å²) in [7, 11) is 0. The summed E-state index contributed by atoms with van der Waals surface area (Å²) in [6, 6.07) is 8.23. The summed E-state index contributed by atoms with van der Waals surface area (Å²) >= 11 is 1.43. The Morgan fingerprint density at radius 2 is 2.30 bits per heavy atom. The van der Waals surface area contributed by atoms with Gasteiger partial charge in [-0.25, -0.2) is 4.98 Å². The van der Waals surface area contributed by atoms with Crippen molar-refractivity contribution in [1.82, 2.24) is 10.3 Å². The number of thiazole rings is 1. The molecule has 1 aromatic heterocycles. The minimum Gasteiger partial charge on any atom is -0.344 e. The van der Waals surface area contributed by atoms with Crippen LogP contribution in [0.5, 0.6) is 0 Å². The molecule has 0 fully saturated rings. The molecule has 4 nitrogen and oxygen atoms in total. The zero-order valence-electron chi connectivity index (χ0n) is 11.3. The molecular weight excluding hydrogens is 270 g/mol. The molecular formula is C15H17N3OS. The van der Waals surface area contributed by atoms with E-state index in [1.165, 1.54) is 22.5 Å². The summed E-state index contributed by atoms with van der Waals surface area (Å²) < 4.78 is 0. The van der Waals surface area contributed by atoms with Gasteiger partial charge in [0.25, 0.3) is 5.91 Å². The number of nitrogens with one attached hydrogen (secondary N) is 1. The second-order valence-electron chi connectivity index (χ2n) is 5.12. The van der Waals surface area contributed by atoms with Crippen LogP contribution in [0.25, 0.3) is 0 Å². The predicted octanol–water partition coefficient (Wildman–Crippen LogP) is 2.58. The number of fused-ring (bicyclic) bond motifs is 1. The van der Waals surface area contributed by atoms with Crippen molar-refractivity contribution >= 4 is 17.2 Å². The van der Waals surface area contributed by atoms with Crippen molar-refractivity contribution < 1.29 is 4.79 Å². The second-order valence-corrected chi connectivity index (χ2v) is 6.01. The number of aromatic nitrogens is 1. The van der Waals surface area contributed by atoms with Gasteiger partial charge < -0.3 is 11.1 Å². The predicted molar refractivity (Wildman–Crippen MR) is 79.7 cm³/mol. The summed E-state index contributed by atoms with van der Waals surface area (Å²) in [4.78, 5) is 16.5. The summed E-state index contributed by atoms with van der Waals surface area (Å²) in [5.41, 5.74) is 8.79. The van der Waals surface area contributed by atoms with Gasteiger partial charge in [-0.15, -0.1) is 11.3 Å². The van der Waals surface area contributed by atoms with Crippen molar-refractivity contribution in [3.8, 4) is 0 Å². The molecule has 1 aromatic carbocycles. The van der Waals surface area contributed by atoms with Gasteiger partial charge in [0.05, 0.1) is 12.1 Å². The van der Waals surface area contributed by atoms with E-state index in [1.54, 1.807) is 5.38 Å². The number of amides is 1. The first kappa shape index (κ1) is 13.3. The highest BCUT2D eigenvalue weighted by molar-refractivity contribution is 7.09. The maximum Gasteiger partial charge on any atom is 0.271 e. The van der Waals surface area contributed by atoms with E-state index in [1.807, 2.05) is 19.1 Å². The van der Waals surface area contributed by atoms with E-state index in [4.69, 9.17) is 5.73 Å². The van der Waals surface area contributed by atoms with Crippen LogP contribution in [-0.2, 0) is 6.42 Å². The third-order valence-electron chi connectivity index (χ3n) is 3.58. The monoisotopic (exact) mass is 287 g/mol. The first-order chi connectivity index (χ1) is 9.65. The average Bonchev–Trinajstić information content (AvgIpc) is 3.06. The lowest BCUT2D eigenvalue weighted by Crippen LogP contribution is -2.27. The first-order valence-electron chi connectivity index (χ1n) is 6.75. The standard InChI is InChI=1S/C15H17N3OS/c1-9(16)15-18-13(8-20-15)14(19)17-12-7-6-10-4-2-3-5-11(10)12/h2-5,8-9,12H,6-7,16H2,1H3,(H,17,19). The molecule has 20 heavy (non-hydrogen) atoms. The molecule has 2 unspecified atom stereocenters. The normalized spacial score (nSPS) is 18.6. The SMILES string of the molecule is CC(N)c1nc(C(=O)NC2CCc3ccccc32)cs1. The van der Waals surface area contributed by atoms with Crippen molar-refractivity contribution in [1.29, 1.82) is 0 Å². The van der Waals surface area contributed by atoms with Crippen LogP contribution in [0.2, 0.25) is 0 Å². The minimum absolute atomic E-state index is 0.0964. The second kappa shape index (κ2) is 5.34. The van der Waals surface area contributed by atoms with E-state index < -0.39 is 0 Å². The molecule has 2 atom stereocenters. The molecule has 1 heterocycles. The largest absolute Gasteiger partial charge is 0.344 e. The zero-order valence-corrected chi connectivity index (χ0v) is 12.1. The Kier molecular flexibility index (Phi) is 3.54. The van der Waals surface area contributed by atoms with Crippen molar-refractivity contribution in [2.24, 2.45) is 5.73 Å². The number of nitrogens with zero attached hydrogens (tertiary/aromatic N) is 1. The Labute approximate surface area is 122 Å². The quantitative estimate of drug-likeness (QED) is 0.911. The van der Waals surface area contributed by atoms with Crippen LogP contribution in [0.1, 0.15) is 52.1 Å². The average molecular weight is 287 g/mol. The number of carbonyl (C=O) groups excluding carboxylic acids is 1.